The maximum absolute atomic E-state index is 5.22. The first-order valence-corrected chi connectivity index (χ1v) is 18.0. The van der Waals surface area contributed by atoms with Crippen LogP contribution in [0.2, 0.25) is 0 Å². The molecular formula is C46H31N3S. The summed E-state index contributed by atoms with van der Waals surface area (Å²) in [4.78, 5) is 7.80. The van der Waals surface area contributed by atoms with E-state index < -0.39 is 0 Å². The fraction of sp³-hybridized carbons (Fsp3) is 0.0652. The second-order valence-electron chi connectivity index (χ2n) is 14.0. The Kier molecular flexibility index (Phi) is 5.66. The minimum absolute atomic E-state index is 0.241. The first-order chi connectivity index (χ1) is 24.6. The molecule has 2 aliphatic rings. The minimum atomic E-state index is -0.241. The third-order valence-electron chi connectivity index (χ3n) is 11.0. The van der Waals surface area contributed by atoms with Crippen LogP contribution in [0.4, 0.5) is 0 Å². The predicted octanol–water partition coefficient (Wildman–Crippen LogP) is 12.2. The van der Waals surface area contributed by atoms with Gasteiger partial charge in [-0.05, 0) is 98.1 Å². The lowest BCUT2D eigenvalue weighted by molar-refractivity contribution is 0.606. The average Bonchev–Trinajstić information content (AvgIpc) is 3.69. The van der Waals surface area contributed by atoms with Crippen molar-refractivity contribution in [3.63, 3.8) is 0 Å². The number of nitrogens with zero attached hydrogens (tertiary/aromatic N) is 3. The van der Waals surface area contributed by atoms with Gasteiger partial charge in [-0.2, -0.15) is 0 Å². The van der Waals surface area contributed by atoms with Crippen molar-refractivity contribution in [1.29, 1.82) is 0 Å². The third-order valence-corrected chi connectivity index (χ3v) is 12.2. The summed E-state index contributed by atoms with van der Waals surface area (Å²) < 4.78 is 4.68. The SMILES string of the molecule is CC1(C)c2cc3c(cc2Sc2c(-n4c5ccccc5n5c6ccccc6nc45)cccc21)-c1ccccc1-c1ccccc1-c1ccccc1-3. The Balaban J connectivity index is 1.19. The summed E-state index contributed by atoms with van der Waals surface area (Å²) >= 11 is 1.90. The highest BCUT2D eigenvalue weighted by Gasteiger charge is 2.37. The molecule has 0 spiro atoms. The Bertz CT molecular complexity index is 2890. The Morgan fingerprint density at radius 2 is 1.00 bits per heavy atom. The average molecular weight is 658 g/mol. The zero-order valence-corrected chi connectivity index (χ0v) is 28.5. The molecule has 3 nitrogen and oxygen atoms in total. The first-order valence-electron chi connectivity index (χ1n) is 17.2. The van der Waals surface area contributed by atoms with Crippen LogP contribution in [-0.2, 0) is 5.41 Å². The van der Waals surface area contributed by atoms with Gasteiger partial charge in [-0.1, -0.05) is 135 Å². The van der Waals surface area contributed by atoms with Crippen LogP contribution in [0, 0.1) is 0 Å². The van der Waals surface area contributed by atoms with Crippen LogP contribution in [0.1, 0.15) is 25.0 Å². The van der Waals surface area contributed by atoms with Gasteiger partial charge in [0.2, 0.25) is 5.78 Å². The van der Waals surface area contributed by atoms with Crippen LogP contribution in [0.5, 0.6) is 0 Å². The molecule has 7 aromatic carbocycles. The third kappa shape index (κ3) is 3.69. The van der Waals surface area contributed by atoms with Gasteiger partial charge in [0.05, 0.1) is 27.8 Å². The van der Waals surface area contributed by atoms with Crippen LogP contribution in [-0.4, -0.2) is 14.0 Å². The van der Waals surface area contributed by atoms with Gasteiger partial charge in [0, 0.05) is 15.2 Å². The van der Waals surface area contributed by atoms with E-state index in [0.29, 0.717) is 0 Å². The number of benzene rings is 7. The molecule has 3 heterocycles. The van der Waals surface area contributed by atoms with Crippen molar-refractivity contribution >= 4 is 39.6 Å². The van der Waals surface area contributed by atoms with Crippen molar-refractivity contribution in [1.82, 2.24) is 14.0 Å². The van der Waals surface area contributed by atoms with Gasteiger partial charge in [0.25, 0.3) is 0 Å². The molecular weight excluding hydrogens is 627 g/mol. The molecule has 0 bridgehead atoms. The van der Waals surface area contributed by atoms with E-state index in [1.807, 2.05) is 11.8 Å². The molecule has 2 aromatic heterocycles. The summed E-state index contributed by atoms with van der Waals surface area (Å²) in [7, 11) is 0. The second-order valence-corrected chi connectivity index (χ2v) is 15.0. The van der Waals surface area contributed by atoms with Crippen molar-refractivity contribution < 1.29 is 0 Å². The first kappa shape index (κ1) is 28.0. The van der Waals surface area contributed by atoms with Crippen LogP contribution in [0.15, 0.2) is 161 Å². The van der Waals surface area contributed by atoms with E-state index in [1.165, 1.54) is 71.1 Å². The molecule has 9 aromatic rings. The quantitative estimate of drug-likeness (QED) is 0.175. The van der Waals surface area contributed by atoms with E-state index in [9.17, 15) is 0 Å². The number of hydrogen-bond acceptors (Lipinski definition) is 2. The summed E-state index contributed by atoms with van der Waals surface area (Å²) in [6, 6.07) is 55.7. The highest BCUT2D eigenvalue weighted by atomic mass is 32.2. The molecule has 1 aliphatic heterocycles. The summed E-state index contributed by atoms with van der Waals surface area (Å²) in [5.41, 5.74) is 18.3. The van der Waals surface area contributed by atoms with Gasteiger partial charge >= 0.3 is 0 Å². The van der Waals surface area contributed by atoms with Gasteiger partial charge in [-0.25, -0.2) is 4.98 Å². The van der Waals surface area contributed by atoms with Crippen molar-refractivity contribution in [2.24, 2.45) is 0 Å². The fourth-order valence-corrected chi connectivity index (χ4v) is 10.1. The molecule has 0 saturated heterocycles. The molecule has 0 saturated carbocycles. The molecule has 0 N–H and O–H groups in total. The van der Waals surface area contributed by atoms with Crippen LogP contribution >= 0.6 is 11.8 Å². The van der Waals surface area contributed by atoms with Crippen molar-refractivity contribution in [2.75, 3.05) is 0 Å². The van der Waals surface area contributed by atoms with Gasteiger partial charge in [-0.3, -0.25) is 8.97 Å². The molecule has 0 radical (unpaired) electrons. The Hall–Kier alpha value is -5.84. The lowest BCUT2D eigenvalue weighted by atomic mass is 9.74. The van der Waals surface area contributed by atoms with Crippen molar-refractivity contribution in [3.8, 4) is 50.2 Å². The summed E-state index contributed by atoms with van der Waals surface area (Å²) in [5, 5.41) is 0. The van der Waals surface area contributed by atoms with Crippen molar-refractivity contribution in [2.45, 2.75) is 29.1 Å². The largest absolute Gasteiger partial charge is 0.277 e. The maximum Gasteiger partial charge on any atom is 0.220 e. The molecule has 0 atom stereocenters. The Labute approximate surface area is 294 Å². The van der Waals surface area contributed by atoms with Crippen LogP contribution in [0.3, 0.4) is 0 Å². The van der Waals surface area contributed by atoms with Gasteiger partial charge in [-0.15, -0.1) is 0 Å². The van der Waals surface area contributed by atoms with E-state index >= 15 is 0 Å². The van der Waals surface area contributed by atoms with Crippen LogP contribution < -0.4 is 0 Å². The van der Waals surface area contributed by atoms with E-state index in [0.717, 1.165) is 27.8 Å². The van der Waals surface area contributed by atoms with Gasteiger partial charge in [0.15, 0.2) is 0 Å². The molecule has 50 heavy (non-hydrogen) atoms. The van der Waals surface area contributed by atoms with E-state index in [-0.39, 0.29) is 5.41 Å². The normalized spacial score (nSPS) is 13.9. The van der Waals surface area contributed by atoms with E-state index in [2.05, 4.69) is 174 Å². The molecule has 4 heteroatoms. The number of hydrogen-bond donors (Lipinski definition) is 0. The topological polar surface area (TPSA) is 22.2 Å². The van der Waals surface area contributed by atoms with Crippen molar-refractivity contribution in [3.05, 3.63) is 163 Å². The highest BCUT2D eigenvalue weighted by Crippen LogP contribution is 2.56. The Morgan fingerprint density at radius 3 is 1.64 bits per heavy atom. The molecule has 11 rings (SSSR count). The summed E-state index contributed by atoms with van der Waals surface area (Å²) in [6.45, 7) is 4.79. The van der Waals surface area contributed by atoms with Gasteiger partial charge < -0.3 is 0 Å². The number of aromatic nitrogens is 3. The smallest absolute Gasteiger partial charge is 0.220 e. The minimum Gasteiger partial charge on any atom is -0.277 e. The van der Waals surface area contributed by atoms with E-state index in [1.54, 1.807) is 0 Å². The standard InChI is InChI=1S/C46H31N3S/c1-46(2)36-20-13-25-42(49-41-24-12-11-23-40(41)48-39-22-10-9-21-38(39)47-45(48)49)44(36)50-43-27-35-33-19-8-6-17-31(33)29-15-4-3-14-28(29)30-16-5-7-18-32(30)34(35)26-37(43)46/h3-27H,1-2H3. The number of fused-ring (bicyclic) bond motifs is 15. The fourth-order valence-electron chi connectivity index (χ4n) is 8.60. The monoisotopic (exact) mass is 657 g/mol. The molecule has 0 amide bonds. The molecule has 1 aliphatic carbocycles. The number of imidazole rings is 2. The number of rotatable bonds is 1. The lowest BCUT2D eigenvalue weighted by Crippen LogP contribution is -2.25. The highest BCUT2D eigenvalue weighted by molar-refractivity contribution is 7.99. The van der Waals surface area contributed by atoms with Crippen LogP contribution in [0.25, 0.3) is 78.0 Å². The summed E-state index contributed by atoms with van der Waals surface area (Å²) in [5.74, 6) is 0.937. The zero-order chi connectivity index (χ0) is 33.1. The number of para-hydroxylation sites is 4. The Morgan fingerprint density at radius 1 is 0.480 bits per heavy atom. The molecule has 0 fully saturated rings. The predicted molar refractivity (Wildman–Crippen MR) is 208 cm³/mol. The molecule has 0 unspecified atom stereocenters. The zero-order valence-electron chi connectivity index (χ0n) is 27.7. The lowest BCUT2D eigenvalue weighted by Gasteiger charge is -2.37. The second kappa shape index (κ2) is 10.1. The summed E-state index contributed by atoms with van der Waals surface area (Å²) in [6.07, 6.45) is 0. The maximum atomic E-state index is 5.22. The van der Waals surface area contributed by atoms with E-state index in [4.69, 9.17) is 4.98 Å². The molecule has 236 valence electrons. The van der Waals surface area contributed by atoms with Gasteiger partial charge in [0.1, 0.15) is 0 Å².